The molecule has 4 rings (SSSR count). The molecule has 1 aromatic heterocycles. The number of benzene rings is 1. The fourth-order valence-electron chi connectivity index (χ4n) is 3.46. The highest BCUT2D eigenvalue weighted by Gasteiger charge is 2.33. The van der Waals surface area contributed by atoms with Gasteiger partial charge >= 0.3 is 0 Å². The summed E-state index contributed by atoms with van der Waals surface area (Å²) in [6.45, 7) is 1.48. The normalized spacial score (nSPS) is 21.3. The van der Waals surface area contributed by atoms with Crippen molar-refractivity contribution in [2.24, 2.45) is 0 Å². The lowest BCUT2D eigenvalue weighted by molar-refractivity contribution is -0.126. The summed E-state index contributed by atoms with van der Waals surface area (Å²) in [5.74, 6) is 0.0468. The van der Waals surface area contributed by atoms with Crippen LogP contribution in [0.3, 0.4) is 0 Å². The van der Waals surface area contributed by atoms with Gasteiger partial charge in [-0.05, 0) is 30.2 Å². The number of amides is 3. The lowest BCUT2D eigenvalue weighted by Gasteiger charge is -2.28. The Kier molecular flexibility index (Phi) is 6.36. The zero-order valence-corrected chi connectivity index (χ0v) is 17.5. The number of aromatic nitrogens is 1. The highest BCUT2D eigenvalue weighted by molar-refractivity contribution is 8.00. The zero-order valence-electron chi connectivity index (χ0n) is 16.6. The largest absolute Gasteiger partial charge is 0.353 e. The molecule has 3 heterocycles. The number of anilines is 2. The molecule has 0 spiro atoms. The molecule has 0 radical (unpaired) electrons. The summed E-state index contributed by atoms with van der Waals surface area (Å²) in [5, 5.41) is 7.80. The summed E-state index contributed by atoms with van der Waals surface area (Å²) >= 11 is 1.34. The van der Waals surface area contributed by atoms with Gasteiger partial charge in [0.2, 0.25) is 17.7 Å². The van der Waals surface area contributed by atoms with Crippen LogP contribution >= 0.6 is 11.8 Å². The van der Waals surface area contributed by atoms with Gasteiger partial charge in [-0.3, -0.25) is 14.4 Å². The Hall–Kier alpha value is -3.14. The first-order valence-electron chi connectivity index (χ1n) is 9.93. The first kappa shape index (κ1) is 21.1. The number of hydrogen-bond acceptors (Lipinski definition) is 6. The average Bonchev–Trinajstić information content (AvgIpc) is 2.77. The van der Waals surface area contributed by atoms with Gasteiger partial charge in [0.05, 0.1) is 23.7 Å². The Morgan fingerprint density at radius 2 is 2.10 bits per heavy atom. The number of nitrogens with zero attached hydrogens (tertiary/aromatic N) is 2. The number of halogens is 1. The third kappa shape index (κ3) is 5.13. The first-order valence-corrected chi connectivity index (χ1v) is 11.0. The monoisotopic (exact) mass is 443 g/mol. The fourth-order valence-corrected chi connectivity index (χ4v) is 4.64. The van der Waals surface area contributed by atoms with E-state index in [4.69, 9.17) is 0 Å². The number of hydrogen-bond donors (Lipinski definition) is 3. The van der Waals surface area contributed by atoms with Crippen LogP contribution in [0.1, 0.15) is 5.56 Å². The van der Waals surface area contributed by atoms with Crippen LogP contribution in [0.2, 0.25) is 0 Å². The highest BCUT2D eigenvalue weighted by atomic mass is 32.2. The van der Waals surface area contributed by atoms with E-state index >= 15 is 0 Å². The summed E-state index contributed by atoms with van der Waals surface area (Å²) in [6.07, 6.45) is 1.80. The Morgan fingerprint density at radius 3 is 2.81 bits per heavy atom. The van der Waals surface area contributed by atoms with Gasteiger partial charge in [-0.2, -0.15) is 0 Å². The second-order valence-electron chi connectivity index (χ2n) is 7.34. The Labute approximate surface area is 183 Å². The van der Waals surface area contributed by atoms with Crippen LogP contribution in [0.5, 0.6) is 0 Å². The molecule has 0 aliphatic carbocycles. The van der Waals surface area contributed by atoms with Gasteiger partial charge < -0.3 is 20.9 Å². The summed E-state index contributed by atoms with van der Waals surface area (Å²) in [4.78, 5) is 42.7. The molecule has 2 aromatic rings. The van der Waals surface area contributed by atoms with Gasteiger partial charge in [-0.15, -0.1) is 11.8 Å². The van der Waals surface area contributed by atoms with Gasteiger partial charge in [0.25, 0.3) is 0 Å². The number of nitrogens with one attached hydrogen (secondary N) is 3. The van der Waals surface area contributed by atoms with E-state index in [-0.39, 0.29) is 36.5 Å². The zero-order chi connectivity index (χ0) is 21.8. The predicted molar refractivity (Wildman–Crippen MR) is 116 cm³/mol. The van der Waals surface area contributed by atoms with E-state index in [1.807, 2.05) is 4.90 Å². The minimum absolute atomic E-state index is 0.0516. The van der Waals surface area contributed by atoms with Crippen LogP contribution in [0.4, 0.5) is 15.9 Å². The second kappa shape index (κ2) is 9.34. The predicted octanol–water partition coefficient (Wildman–Crippen LogP) is 0.938. The number of pyridine rings is 1. The maximum atomic E-state index is 13.9. The van der Waals surface area contributed by atoms with Crippen LogP contribution < -0.4 is 20.9 Å². The Bertz CT molecular complexity index is 987. The third-order valence-electron chi connectivity index (χ3n) is 5.13. The molecule has 8 nitrogen and oxygen atoms in total. The molecular formula is C21H22FN5O3S. The average molecular weight is 444 g/mol. The SMILES string of the molecule is O=C1CN(c2ccc(NC(=O)[C@@H]3CS[C@H](Cc4ccccc4F)C(=O)N3)cn2)CCN1. The van der Waals surface area contributed by atoms with Crippen molar-refractivity contribution in [2.75, 3.05) is 35.6 Å². The summed E-state index contributed by atoms with van der Waals surface area (Å²) in [6, 6.07) is 9.15. The maximum absolute atomic E-state index is 13.9. The lowest BCUT2D eigenvalue weighted by atomic mass is 10.1. The van der Waals surface area contributed by atoms with Gasteiger partial charge in [0.15, 0.2) is 0 Å². The number of rotatable bonds is 5. The summed E-state index contributed by atoms with van der Waals surface area (Å²) in [7, 11) is 0. The summed E-state index contributed by atoms with van der Waals surface area (Å²) in [5.41, 5.74) is 0.985. The van der Waals surface area contributed by atoms with Crippen molar-refractivity contribution in [1.29, 1.82) is 0 Å². The lowest BCUT2D eigenvalue weighted by Crippen LogP contribution is -2.52. The van der Waals surface area contributed by atoms with E-state index in [2.05, 4.69) is 20.9 Å². The number of thioether (sulfide) groups is 1. The van der Waals surface area contributed by atoms with Crippen LogP contribution in [0.15, 0.2) is 42.6 Å². The number of piperazine rings is 1. The molecule has 1 aromatic carbocycles. The van der Waals surface area contributed by atoms with E-state index in [1.165, 1.54) is 24.0 Å². The molecule has 2 aliphatic heterocycles. The van der Waals surface area contributed by atoms with Crippen LogP contribution in [0, 0.1) is 5.82 Å². The van der Waals surface area contributed by atoms with Crippen LogP contribution in [-0.4, -0.2) is 59.4 Å². The molecular weight excluding hydrogens is 421 g/mol. The van der Waals surface area contributed by atoms with E-state index in [0.29, 0.717) is 35.9 Å². The molecule has 2 atom stereocenters. The topological polar surface area (TPSA) is 103 Å². The van der Waals surface area contributed by atoms with Crippen molar-refractivity contribution in [3.8, 4) is 0 Å². The minimum Gasteiger partial charge on any atom is -0.353 e. The van der Waals surface area contributed by atoms with Gasteiger partial charge in [-0.1, -0.05) is 18.2 Å². The molecule has 0 saturated carbocycles. The maximum Gasteiger partial charge on any atom is 0.247 e. The summed E-state index contributed by atoms with van der Waals surface area (Å²) < 4.78 is 13.9. The molecule has 3 N–H and O–H groups in total. The van der Waals surface area contributed by atoms with Crippen molar-refractivity contribution < 1.29 is 18.8 Å². The van der Waals surface area contributed by atoms with Crippen molar-refractivity contribution in [2.45, 2.75) is 17.7 Å². The number of carbonyl (C=O) groups is 3. The molecule has 2 saturated heterocycles. The van der Waals surface area contributed by atoms with E-state index in [9.17, 15) is 18.8 Å². The van der Waals surface area contributed by atoms with E-state index in [1.54, 1.807) is 30.3 Å². The van der Waals surface area contributed by atoms with Gasteiger partial charge in [-0.25, -0.2) is 9.37 Å². The molecule has 3 amide bonds. The Morgan fingerprint density at radius 1 is 1.26 bits per heavy atom. The molecule has 0 unspecified atom stereocenters. The van der Waals surface area contributed by atoms with Gasteiger partial charge in [0.1, 0.15) is 17.7 Å². The Balaban J connectivity index is 1.31. The van der Waals surface area contributed by atoms with Gasteiger partial charge in [0, 0.05) is 18.8 Å². The number of carbonyl (C=O) groups excluding carboxylic acids is 3. The standard InChI is InChI=1S/C21H22FN5O3S/c22-15-4-2-1-3-13(15)9-17-21(30)26-16(12-31-17)20(29)25-14-5-6-18(24-10-14)27-8-7-23-19(28)11-27/h1-6,10,16-17H,7-9,11-12H2,(H,23,28)(H,25,29)(H,26,30)/t16-,17+/m0/s1. The molecule has 2 aliphatic rings. The van der Waals surface area contributed by atoms with E-state index in [0.717, 1.165) is 0 Å². The van der Waals surface area contributed by atoms with Crippen LogP contribution in [0.25, 0.3) is 0 Å². The smallest absolute Gasteiger partial charge is 0.247 e. The second-order valence-corrected chi connectivity index (χ2v) is 8.58. The quantitative estimate of drug-likeness (QED) is 0.636. The van der Waals surface area contributed by atoms with Crippen molar-refractivity contribution >= 4 is 41.0 Å². The molecule has 162 valence electrons. The van der Waals surface area contributed by atoms with Crippen molar-refractivity contribution in [3.05, 3.63) is 54.0 Å². The third-order valence-corrected chi connectivity index (χ3v) is 6.44. The highest BCUT2D eigenvalue weighted by Crippen LogP contribution is 2.24. The first-order chi connectivity index (χ1) is 15.0. The molecule has 0 bridgehead atoms. The minimum atomic E-state index is -0.681. The molecule has 10 heteroatoms. The van der Waals surface area contributed by atoms with Crippen molar-refractivity contribution in [3.63, 3.8) is 0 Å². The molecule has 2 fully saturated rings. The van der Waals surface area contributed by atoms with Crippen molar-refractivity contribution in [1.82, 2.24) is 15.6 Å². The fraction of sp³-hybridized carbons (Fsp3) is 0.333. The van der Waals surface area contributed by atoms with Crippen LogP contribution in [-0.2, 0) is 20.8 Å². The molecule has 31 heavy (non-hydrogen) atoms. The van der Waals surface area contributed by atoms with E-state index < -0.39 is 11.3 Å².